The van der Waals surface area contributed by atoms with Gasteiger partial charge in [0.1, 0.15) is 11.5 Å². The van der Waals surface area contributed by atoms with Crippen LogP contribution in [0.25, 0.3) is 5.69 Å². The number of anilines is 1. The van der Waals surface area contributed by atoms with Gasteiger partial charge in [-0.25, -0.2) is 4.39 Å². The van der Waals surface area contributed by atoms with E-state index in [1.165, 1.54) is 22.9 Å². The summed E-state index contributed by atoms with van der Waals surface area (Å²) in [6.45, 7) is 2.89. The van der Waals surface area contributed by atoms with Gasteiger partial charge in [-0.3, -0.25) is 4.79 Å². The summed E-state index contributed by atoms with van der Waals surface area (Å²) in [6, 6.07) is 4.21. The number of methoxy groups -OCH3 is 1. The summed E-state index contributed by atoms with van der Waals surface area (Å²) < 4.78 is 20.0. The highest BCUT2D eigenvalue weighted by Crippen LogP contribution is 2.18. The summed E-state index contributed by atoms with van der Waals surface area (Å²) in [5.41, 5.74) is 0.637. The highest BCUT2D eigenvalue weighted by atomic mass is 35.5. The van der Waals surface area contributed by atoms with Crippen molar-refractivity contribution in [1.29, 1.82) is 0 Å². The molecule has 10 heteroatoms. The Morgan fingerprint density at radius 2 is 2.22 bits per heavy atom. The summed E-state index contributed by atoms with van der Waals surface area (Å²) in [5, 5.41) is 16.5. The molecule has 0 saturated carbocycles. The van der Waals surface area contributed by atoms with E-state index in [1.54, 1.807) is 14.0 Å². The van der Waals surface area contributed by atoms with E-state index in [4.69, 9.17) is 4.74 Å². The predicted octanol–water partition coefficient (Wildman–Crippen LogP) is 0.706. The van der Waals surface area contributed by atoms with Gasteiger partial charge in [0.05, 0.1) is 13.2 Å². The van der Waals surface area contributed by atoms with Crippen LogP contribution in [0.3, 0.4) is 0 Å². The summed E-state index contributed by atoms with van der Waals surface area (Å²) >= 11 is 0. The molecule has 1 aromatic heterocycles. The number of carbonyl (C=O) groups excluding carboxylic acids is 1. The number of benzene rings is 1. The van der Waals surface area contributed by atoms with Gasteiger partial charge in [0, 0.05) is 19.3 Å². The molecule has 23 heavy (non-hydrogen) atoms. The Kier molecular flexibility index (Phi) is 7.52. The number of hydrogen-bond acceptors (Lipinski definition) is 6. The van der Waals surface area contributed by atoms with E-state index in [1.807, 2.05) is 0 Å². The molecule has 126 valence electrons. The lowest BCUT2D eigenvalue weighted by Gasteiger charge is -2.09. The first-order chi connectivity index (χ1) is 10.6. The number of carbonyl (C=O) groups is 1. The standard InChI is InChI=1S/C13H17FN6O2.ClH/c1-9-17-18-19-20(9)12-7-10(3-4-11(12)14)16-13(21)8-15-5-6-22-2;/h3-4,7,15H,5-6,8H2,1-2H3,(H,16,21);1H. The van der Waals surface area contributed by atoms with Crippen LogP contribution in [-0.2, 0) is 9.53 Å². The number of aromatic nitrogens is 4. The molecule has 0 fully saturated rings. The molecular weight excluding hydrogens is 327 g/mol. The van der Waals surface area contributed by atoms with Crippen molar-refractivity contribution in [3.8, 4) is 5.69 Å². The summed E-state index contributed by atoms with van der Waals surface area (Å²) in [7, 11) is 1.59. The second kappa shape index (κ2) is 9.13. The first kappa shape index (κ1) is 18.9. The Hall–Kier alpha value is -2.10. The molecule has 1 aromatic carbocycles. The normalized spacial score (nSPS) is 10.2. The van der Waals surface area contributed by atoms with Crippen LogP contribution in [0.4, 0.5) is 10.1 Å². The van der Waals surface area contributed by atoms with E-state index in [2.05, 4.69) is 26.2 Å². The fourth-order valence-corrected chi connectivity index (χ4v) is 1.79. The first-order valence-corrected chi connectivity index (χ1v) is 6.66. The number of rotatable bonds is 7. The number of halogens is 2. The number of tetrazole rings is 1. The minimum atomic E-state index is -0.480. The van der Waals surface area contributed by atoms with Crippen molar-refractivity contribution in [2.75, 3.05) is 32.1 Å². The number of nitrogens with one attached hydrogen (secondary N) is 2. The molecule has 0 atom stereocenters. The average molecular weight is 345 g/mol. The second-order valence-electron chi connectivity index (χ2n) is 4.52. The third kappa shape index (κ3) is 5.23. The van der Waals surface area contributed by atoms with Crippen LogP contribution >= 0.6 is 12.4 Å². The molecule has 0 bridgehead atoms. The maximum absolute atomic E-state index is 13.9. The van der Waals surface area contributed by atoms with Crippen LogP contribution in [0, 0.1) is 12.7 Å². The van der Waals surface area contributed by atoms with Crippen molar-refractivity contribution >= 4 is 24.0 Å². The van der Waals surface area contributed by atoms with Gasteiger partial charge in [0.15, 0.2) is 5.82 Å². The molecule has 2 aromatic rings. The van der Waals surface area contributed by atoms with Crippen LogP contribution < -0.4 is 10.6 Å². The number of aryl methyl sites for hydroxylation is 1. The van der Waals surface area contributed by atoms with Crippen LogP contribution in [0.15, 0.2) is 18.2 Å². The Bertz CT molecular complexity index is 651. The van der Waals surface area contributed by atoms with Gasteiger partial charge in [0.25, 0.3) is 0 Å². The van der Waals surface area contributed by atoms with Crippen LogP contribution in [-0.4, -0.2) is 52.9 Å². The highest BCUT2D eigenvalue weighted by Gasteiger charge is 2.11. The van der Waals surface area contributed by atoms with Crippen LogP contribution in [0.5, 0.6) is 0 Å². The summed E-state index contributed by atoms with van der Waals surface area (Å²) in [6.07, 6.45) is 0. The van der Waals surface area contributed by atoms with Crippen molar-refractivity contribution in [2.45, 2.75) is 6.92 Å². The molecule has 0 aliphatic carbocycles. The molecule has 1 amide bonds. The molecule has 0 radical (unpaired) electrons. The minimum Gasteiger partial charge on any atom is -0.383 e. The Balaban J connectivity index is 0.00000264. The molecule has 0 aliphatic rings. The second-order valence-corrected chi connectivity index (χ2v) is 4.52. The summed E-state index contributed by atoms with van der Waals surface area (Å²) in [5.74, 6) is -0.266. The molecule has 0 aliphatic heterocycles. The molecule has 8 nitrogen and oxygen atoms in total. The maximum atomic E-state index is 13.9. The van der Waals surface area contributed by atoms with E-state index in [0.717, 1.165) is 0 Å². The Morgan fingerprint density at radius 1 is 1.43 bits per heavy atom. The van der Waals surface area contributed by atoms with Gasteiger partial charge in [-0.1, -0.05) is 0 Å². The smallest absolute Gasteiger partial charge is 0.238 e. The van der Waals surface area contributed by atoms with Gasteiger partial charge < -0.3 is 15.4 Å². The monoisotopic (exact) mass is 344 g/mol. The maximum Gasteiger partial charge on any atom is 0.238 e. The van der Waals surface area contributed by atoms with Crippen molar-refractivity contribution in [1.82, 2.24) is 25.5 Å². The third-order valence-electron chi connectivity index (χ3n) is 2.85. The number of nitrogens with zero attached hydrogens (tertiary/aromatic N) is 4. The number of hydrogen-bond donors (Lipinski definition) is 2. The van der Waals surface area contributed by atoms with Crippen molar-refractivity contribution in [3.05, 3.63) is 29.8 Å². The zero-order chi connectivity index (χ0) is 15.9. The zero-order valence-corrected chi connectivity index (χ0v) is 13.6. The zero-order valence-electron chi connectivity index (χ0n) is 12.7. The third-order valence-corrected chi connectivity index (χ3v) is 2.85. The van der Waals surface area contributed by atoms with E-state index in [0.29, 0.717) is 24.7 Å². The molecule has 0 saturated heterocycles. The van der Waals surface area contributed by atoms with Crippen LogP contribution in [0.2, 0.25) is 0 Å². The van der Waals surface area contributed by atoms with Crippen molar-refractivity contribution in [2.24, 2.45) is 0 Å². The quantitative estimate of drug-likeness (QED) is 0.718. The van der Waals surface area contributed by atoms with Gasteiger partial charge in [-0.15, -0.1) is 17.5 Å². The summed E-state index contributed by atoms with van der Waals surface area (Å²) in [4.78, 5) is 11.8. The fraction of sp³-hybridized carbons (Fsp3) is 0.385. The van der Waals surface area contributed by atoms with Crippen molar-refractivity contribution < 1.29 is 13.9 Å². The highest BCUT2D eigenvalue weighted by molar-refractivity contribution is 5.92. The lowest BCUT2D eigenvalue weighted by atomic mass is 10.2. The Labute approximate surface area is 138 Å². The lowest BCUT2D eigenvalue weighted by Crippen LogP contribution is -2.30. The topological polar surface area (TPSA) is 94.0 Å². The predicted molar refractivity (Wildman–Crippen MR) is 84.5 cm³/mol. The largest absolute Gasteiger partial charge is 0.383 e. The van der Waals surface area contributed by atoms with Gasteiger partial charge in [-0.2, -0.15) is 4.68 Å². The minimum absolute atomic E-state index is 0. The van der Waals surface area contributed by atoms with Gasteiger partial charge in [0.2, 0.25) is 5.91 Å². The number of ether oxygens (including phenoxy) is 1. The Morgan fingerprint density at radius 3 is 2.87 bits per heavy atom. The molecular formula is C13H18ClFN6O2. The molecule has 1 heterocycles. The van der Waals surface area contributed by atoms with E-state index in [-0.39, 0.29) is 30.5 Å². The molecule has 0 spiro atoms. The van der Waals surface area contributed by atoms with Crippen LogP contribution in [0.1, 0.15) is 5.82 Å². The number of amides is 1. The molecule has 0 unspecified atom stereocenters. The average Bonchev–Trinajstić information content (AvgIpc) is 2.92. The van der Waals surface area contributed by atoms with Crippen molar-refractivity contribution in [3.63, 3.8) is 0 Å². The van der Waals surface area contributed by atoms with E-state index in [9.17, 15) is 9.18 Å². The SMILES string of the molecule is COCCNCC(=O)Nc1ccc(F)c(-n2nnnc2C)c1.Cl. The molecule has 2 rings (SSSR count). The van der Waals surface area contributed by atoms with E-state index >= 15 is 0 Å². The van der Waals surface area contributed by atoms with Gasteiger partial charge >= 0.3 is 0 Å². The lowest BCUT2D eigenvalue weighted by molar-refractivity contribution is -0.115. The first-order valence-electron chi connectivity index (χ1n) is 6.66. The van der Waals surface area contributed by atoms with Gasteiger partial charge in [-0.05, 0) is 35.5 Å². The fourth-order valence-electron chi connectivity index (χ4n) is 1.79. The molecule has 2 N–H and O–H groups in total. The van der Waals surface area contributed by atoms with E-state index < -0.39 is 5.82 Å².